The number of pyridine rings is 1. The maximum atomic E-state index is 11.0. The molecule has 0 atom stereocenters. The van der Waals surface area contributed by atoms with Crippen LogP contribution in [-0.2, 0) is 21.1 Å². The SMILES string of the molecule is [2H]c1c([2H])c([2H])c(-c2cc(-c3c([2H])c(-c4c([2H])c([2H])c([2H])c([2H])c4[2H])c([2H])c(-c4c([2H])c([2H])c([2H])c([2H])c4[2H])c3[2H])c(-[n+]3[c-]n(-c4[c-]c(Oc5[c-]c6c(cc5)c5ccccc5n6-c5cc(C([2H])([2H])[2H])c(-c6c([2H])c([2H])c([2H])c([2H])c6[2H])cn5)ccc4)c4cc(-c5c([2H])c([2H])c([2H])c([2H])c5[2H])ccc43)c([Si](c3c([2H])c([2H])c([2H])c([2H])c3[2H])(c3c([2H])c([2H])c([2H])c([2H])c3[2H])c3c([2H])c([2H])c([2H])c([2H])c3[2H])c2)c([2H])c1[2H].[Pt]. The number of para-hydroxylation sites is 1. The van der Waals surface area contributed by atoms with Gasteiger partial charge in [0, 0.05) is 54.0 Å². The summed E-state index contributed by atoms with van der Waals surface area (Å²) >= 11 is 0. The first-order valence-electron chi connectivity index (χ1n) is 52.1. The van der Waals surface area contributed by atoms with E-state index in [1.54, 1.807) is 30.3 Å². The van der Waals surface area contributed by atoms with Crippen molar-refractivity contribution in [1.82, 2.24) is 14.1 Å². The molecule has 0 bridgehead atoms. The molecule has 0 amide bonds. The molecule has 0 radical (unpaired) electrons. The van der Waals surface area contributed by atoms with Crippen molar-refractivity contribution in [3.63, 3.8) is 0 Å². The van der Waals surface area contributed by atoms with Gasteiger partial charge in [-0.3, -0.25) is 4.57 Å². The minimum absolute atomic E-state index is 0. The standard InChI is InChI=1S/C91H62N4OSi.Pt/c1-64-53-90(92-62-84(64)69-37-18-6-19-38-69)95-85-48-27-26-47-81(85)82-51-50-77(61-87(82)95)96-76-40-28-39-75(60-76)93-63-94(86-52-49-70(58-88(86)93)65-29-10-2-11-30-65)91-83(74-55-71(66-31-12-3-13-32-66)54-72(56-74)67-33-14-4-15-34-67)57-73(68-35-16-5-17-36-68)59-89(91)97(78-41-20-7-21-42-78,79-43-22-8-23-44-79)80-45-24-9-25-46-80;/h2-59,62H,1H3;/q-2;/i1D3,2D,3D,4D,5D,6D,7D,8D,9D,10D,11D,12D,13D,14D,15D,16D,17D,18D,19D,20D,21D,22D,23D,24D,25D,29D,30D,31D,32D,33D,34D,35D,36D,37D,38D,41D,42D,43D,44D,45D,46D,54D,55D,56D;. The van der Waals surface area contributed by atoms with E-state index in [0.29, 0.717) is 16.3 Å². The summed E-state index contributed by atoms with van der Waals surface area (Å²) in [6.45, 7) is -3.06. The molecule has 14 aromatic carbocycles. The largest absolute Gasteiger partial charge is 0.510 e. The van der Waals surface area contributed by atoms with Crippen molar-refractivity contribution >= 4 is 61.7 Å². The first-order chi connectivity index (χ1) is 67.1. The van der Waals surface area contributed by atoms with E-state index in [4.69, 9.17) is 29.4 Å². The van der Waals surface area contributed by atoms with Crippen molar-refractivity contribution in [2.24, 2.45) is 0 Å². The number of aromatic nitrogens is 4. The summed E-state index contributed by atoms with van der Waals surface area (Å²) in [5, 5.41) is -4.17. The summed E-state index contributed by atoms with van der Waals surface area (Å²) in [6.07, 6.45) is 4.19. The number of nitrogens with zero attached hydrogens (tertiary/aromatic N) is 4. The second-order valence-electron chi connectivity index (χ2n) is 21.2. The van der Waals surface area contributed by atoms with Crippen LogP contribution in [0.15, 0.2) is 357 Å². The number of fused-ring (bicyclic) bond motifs is 4. The zero-order chi connectivity index (χ0) is 105. The van der Waals surface area contributed by atoms with Gasteiger partial charge in [0.05, 0.1) is 75.7 Å². The topological polar surface area (TPSA) is 35.9 Å². The summed E-state index contributed by atoms with van der Waals surface area (Å²) in [6, 6.07) is -24.6. The van der Waals surface area contributed by atoms with E-state index < -0.39 is 373 Å². The Labute approximate surface area is 651 Å². The maximum absolute atomic E-state index is 11.0. The third-order valence-electron chi connectivity index (χ3n) is 15.8. The number of ether oxygens (including phenoxy) is 1. The van der Waals surface area contributed by atoms with Gasteiger partial charge in [-0.05, 0) is 148 Å². The first kappa shape index (κ1) is 28.9. The molecule has 0 spiro atoms. The van der Waals surface area contributed by atoms with Gasteiger partial charge in [0.25, 0.3) is 6.33 Å². The maximum Gasteiger partial charge on any atom is 0.268 e. The fraction of sp³-hybridized carbons (Fsp3) is 0.0110. The molecule has 0 saturated heterocycles. The van der Waals surface area contributed by atoms with E-state index >= 15 is 0 Å². The third kappa shape index (κ3) is 11.2. The molecule has 468 valence electrons. The van der Waals surface area contributed by atoms with E-state index in [1.165, 1.54) is 34.9 Å². The average Bonchev–Trinajstić information content (AvgIpc) is 0.982. The number of hydrogen-bond acceptors (Lipinski definition) is 2. The molecule has 0 N–H and O–H groups in total. The number of hydrogen-bond donors (Lipinski definition) is 0. The molecular formula is C91H62N4OPtSi-2. The fourth-order valence-electron chi connectivity index (χ4n) is 11.7. The number of rotatable bonds is 15. The second-order valence-corrected chi connectivity index (χ2v) is 24.7. The Bertz CT molecular complexity index is 8120. The van der Waals surface area contributed by atoms with Crippen LogP contribution >= 0.6 is 0 Å². The zero-order valence-corrected chi connectivity index (χ0v) is 53.0. The van der Waals surface area contributed by atoms with Crippen LogP contribution in [0.4, 0.5) is 0 Å². The number of benzene rings is 14. The molecule has 0 saturated carbocycles. The molecule has 0 aliphatic heterocycles. The van der Waals surface area contributed by atoms with E-state index in [-0.39, 0.29) is 60.7 Å². The van der Waals surface area contributed by atoms with E-state index in [0.717, 1.165) is 45.7 Å². The van der Waals surface area contributed by atoms with Crippen LogP contribution in [0.2, 0.25) is 0 Å². The van der Waals surface area contributed by atoms with Crippen molar-refractivity contribution in [2.75, 3.05) is 0 Å². The second kappa shape index (κ2) is 26.4. The fourth-order valence-corrected chi connectivity index (χ4v) is 15.7. The molecule has 17 rings (SSSR count). The van der Waals surface area contributed by atoms with Gasteiger partial charge in [-0.2, -0.15) is 18.2 Å². The molecule has 3 heterocycles. The smallest absolute Gasteiger partial charge is 0.268 e. The van der Waals surface area contributed by atoms with Gasteiger partial charge >= 0.3 is 0 Å². The van der Waals surface area contributed by atoms with E-state index in [1.807, 2.05) is 0 Å². The minimum Gasteiger partial charge on any atom is -0.510 e. The summed E-state index contributed by atoms with van der Waals surface area (Å²) in [5.74, 6) is -0.582. The molecule has 17 aromatic rings. The van der Waals surface area contributed by atoms with Crippen LogP contribution in [0, 0.1) is 25.3 Å². The summed E-state index contributed by atoms with van der Waals surface area (Å²) in [7, 11) is -7.15. The summed E-state index contributed by atoms with van der Waals surface area (Å²) < 4.78 is 446. The molecule has 0 aliphatic carbocycles. The van der Waals surface area contributed by atoms with Crippen LogP contribution in [-0.4, -0.2) is 22.2 Å². The normalized spacial score (nSPS) is 18.2. The minimum atomic E-state index is -7.15. The van der Waals surface area contributed by atoms with Crippen LogP contribution in [0.1, 0.15) is 68.6 Å². The van der Waals surface area contributed by atoms with E-state index in [2.05, 4.69) is 23.4 Å². The molecule has 0 fully saturated rings. The molecule has 0 aliphatic rings. The Morgan fingerprint density at radius 3 is 1.53 bits per heavy atom. The van der Waals surface area contributed by atoms with Crippen molar-refractivity contribution in [3.05, 3.63) is 381 Å². The Kier molecular flexibility index (Phi) is 7.79. The first-order valence-corrected chi connectivity index (χ1v) is 31.1. The molecule has 3 aromatic heterocycles. The Balaban J connectivity index is 0.0000149. The van der Waals surface area contributed by atoms with Crippen molar-refractivity contribution in [2.45, 2.75) is 6.85 Å². The number of imidazole rings is 1. The van der Waals surface area contributed by atoms with Crippen LogP contribution in [0.3, 0.4) is 0 Å². The van der Waals surface area contributed by atoms with Crippen molar-refractivity contribution < 1.29 is 93.4 Å². The quantitative estimate of drug-likeness (QED) is 0.0444. The molecule has 7 heteroatoms. The molecular weight excluding hydrogens is 1390 g/mol. The molecule has 5 nitrogen and oxygen atoms in total. The number of aryl methyl sites for hydroxylation is 1. The van der Waals surface area contributed by atoms with Crippen molar-refractivity contribution in [1.29, 1.82) is 0 Å². The predicted octanol–water partition coefficient (Wildman–Crippen LogP) is 19.3. The van der Waals surface area contributed by atoms with Gasteiger partial charge in [-0.15, -0.1) is 29.7 Å². The van der Waals surface area contributed by atoms with Crippen LogP contribution in [0.5, 0.6) is 11.5 Å². The monoisotopic (exact) mass is 1500 g/mol. The Hall–Kier alpha value is -11.8. The summed E-state index contributed by atoms with van der Waals surface area (Å²) in [4.78, 5) is 4.65. The molecule has 98 heavy (non-hydrogen) atoms. The van der Waals surface area contributed by atoms with E-state index in [9.17, 15) is 38.4 Å². The van der Waals surface area contributed by atoms with Gasteiger partial charge in [-0.1, -0.05) is 284 Å². The molecule has 0 unspecified atom stereocenters. The van der Waals surface area contributed by atoms with Gasteiger partial charge in [0.1, 0.15) is 5.82 Å². The van der Waals surface area contributed by atoms with Crippen LogP contribution in [0.25, 0.3) is 117 Å². The van der Waals surface area contributed by atoms with Gasteiger partial charge in [0.2, 0.25) is 0 Å². The average molecular weight is 1500 g/mol. The summed E-state index contributed by atoms with van der Waals surface area (Å²) in [5.41, 5.74) is -12.8. The van der Waals surface area contributed by atoms with Gasteiger partial charge in [-0.25, -0.2) is 4.98 Å². The zero-order valence-electron chi connectivity index (χ0n) is 95.8. The predicted molar refractivity (Wildman–Crippen MR) is 401 cm³/mol. The third-order valence-corrected chi connectivity index (χ3v) is 20.0. The van der Waals surface area contributed by atoms with Gasteiger partial charge in [0.15, 0.2) is 8.07 Å². The van der Waals surface area contributed by atoms with Crippen LogP contribution < -0.4 is 30.1 Å². The Morgan fingerprint density at radius 1 is 0.429 bits per heavy atom. The Morgan fingerprint density at radius 2 is 0.949 bits per heavy atom. The van der Waals surface area contributed by atoms with Gasteiger partial charge < -0.3 is 13.9 Å². The van der Waals surface area contributed by atoms with Crippen molar-refractivity contribution in [3.8, 4) is 95.5 Å².